The number of aryl methyl sites for hydroxylation is 1. The second kappa shape index (κ2) is 10.1. The molecule has 1 rings (SSSR count). The molecule has 0 fully saturated rings. The van der Waals surface area contributed by atoms with Crippen molar-refractivity contribution in [3.63, 3.8) is 0 Å². The molecule has 124 valence electrons. The monoisotopic (exact) mass is 306 g/mol. The minimum atomic E-state index is -0.0874. The fourth-order valence-corrected chi connectivity index (χ4v) is 2.46. The van der Waals surface area contributed by atoms with E-state index in [1.807, 2.05) is 12.1 Å². The van der Waals surface area contributed by atoms with Crippen molar-refractivity contribution in [2.75, 3.05) is 13.7 Å². The normalized spacial score (nSPS) is 11.8. The summed E-state index contributed by atoms with van der Waals surface area (Å²) in [5.41, 5.74) is 2.32. The zero-order valence-electron chi connectivity index (χ0n) is 14.4. The molecule has 1 unspecified atom stereocenters. The Labute approximate surface area is 134 Å². The summed E-state index contributed by atoms with van der Waals surface area (Å²) < 4.78 is 5.35. The molecule has 0 aliphatic carbocycles. The molecule has 0 aliphatic rings. The highest BCUT2D eigenvalue weighted by molar-refractivity contribution is 5.74. The summed E-state index contributed by atoms with van der Waals surface area (Å²) in [6.45, 7) is 6.90. The summed E-state index contributed by atoms with van der Waals surface area (Å²) in [5.74, 6) is 0.876. The van der Waals surface area contributed by atoms with Gasteiger partial charge in [-0.05, 0) is 38.3 Å². The molecule has 0 heterocycles. The maximum atomic E-state index is 11.8. The highest BCUT2D eigenvalue weighted by atomic mass is 16.5. The standard InChI is InChI=1S/C18H30N2O2/c1-5-6-7-8-15(3)20-18(21)19-12-11-16-13-14(2)9-10-17(16)22-4/h9-10,13,15H,5-8,11-12H2,1-4H3,(H2,19,20,21). The number of hydrogen-bond acceptors (Lipinski definition) is 2. The van der Waals surface area contributed by atoms with Crippen LogP contribution in [0.1, 0.15) is 50.7 Å². The summed E-state index contributed by atoms with van der Waals surface area (Å²) in [6.07, 6.45) is 5.39. The van der Waals surface area contributed by atoms with Gasteiger partial charge in [-0.15, -0.1) is 0 Å². The Morgan fingerprint density at radius 2 is 2.09 bits per heavy atom. The molecule has 4 heteroatoms. The van der Waals surface area contributed by atoms with Gasteiger partial charge in [0.2, 0.25) is 0 Å². The lowest BCUT2D eigenvalue weighted by molar-refractivity contribution is 0.237. The van der Waals surface area contributed by atoms with Crippen LogP contribution in [-0.4, -0.2) is 25.7 Å². The van der Waals surface area contributed by atoms with Crippen LogP contribution in [0.15, 0.2) is 18.2 Å². The van der Waals surface area contributed by atoms with E-state index in [4.69, 9.17) is 4.74 Å². The van der Waals surface area contributed by atoms with E-state index < -0.39 is 0 Å². The summed E-state index contributed by atoms with van der Waals surface area (Å²) in [5, 5.41) is 5.90. The van der Waals surface area contributed by atoms with Gasteiger partial charge in [0.15, 0.2) is 0 Å². The van der Waals surface area contributed by atoms with Gasteiger partial charge in [-0.1, -0.05) is 43.9 Å². The fraction of sp³-hybridized carbons (Fsp3) is 0.611. The minimum Gasteiger partial charge on any atom is -0.496 e. The number of benzene rings is 1. The third-order valence-corrected chi connectivity index (χ3v) is 3.73. The van der Waals surface area contributed by atoms with Gasteiger partial charge in [-0.2, -0.15) is 0 Å². The van der Waals surface area contributed by atoms with Crippen molar-refractivity contribution >= 4 is 6.03 Å². The SMILES string of the molecule is CCCCCC(C)NC(=O)NCCc1cc(C)ccc1OC. The minimum absolute atomic E-state index is 0.0874. The van der Waals surface area contributed by atoms with Crippen LogP contribution in [0.3, 0.4) is 0 Å². The summed E-state index contributed by atoms with van der Waals surface area (Å²) in [6, 6.07) is 6.24. The van der Waals surface area contributed by atoms with E-state index in [2.05, 4.69) is 37.5 Å². The van der Waals surface area contributed by atoms with Crippen LogP contribution in [0, 0.1) is 6.92 Å². The summed E-state index contributed by atoms with van der Waals surface area (Å²) in [7, 11) is 1.67. The molecule has 0 saturated heterocycles. The van der Waals surface area contributed by atoms with Crippen LogP contribution in [0.2, 0.25) is 0 Å². The Morgan fingerprint density at radius 3 is 2.77 bits per heavy atom. The van der Waals surface area contributed by atoms with Crippen molar-refractivity contribution in [3.8, 4) is 5.75 Å². The van der Waals surface area contributed by atoms with E-state index in [9.17, 15) is 4.79 Å². The summed E-state index contributed by atoms with van der Waals surface area (Å²) in [4.78, 5) is 11.8. The maximum absolute atomic E-state index is 11.8. The predicted molar refractivity (Wildman–Crippen MR) is 91.6 cm³/mol. The molecule has 22 heavy (non-hydrogen) atoms. The van der Waals surface area contributed by atoms with Gasteiger partial charge in [0, 0.05) is 12.6 Å². The molecule has 0 spiro atoms. The van der Waals surface area contributed by atoms with Crippen molar-refractivity contribution < 1.29 is 9.53 Å². The number of methoxy groups -OCH3 is 1. The van der Waals surface area contributed by atoms with Crippen LogP contribution < -0.4 is 15.4 Å². The molecule has 2 N–H and O–H groups in total. The first kappa shape index (κ1) is 18.3. The number of amides is 2. The number of nitrogens with one attached hydrogen (secondary N) is 2. The number of ether oxygens (including phenoxy) is 1. The zero-order chi connectivity index (χ0) is 16.4. The average molecular weight is 306 g/mol. The second-order valence-corrected chi connectivity index (χ2v) is 5.86. The molecule has 4 nitrogen and oxygen atoms in total. The molecule has 2 amide bonds. The van der Waals surface area contributed by atoms with E-state index in [1.165, 1.54) is 24.8 Å². The van der Waals surface area contributed by atoms with Crippen LogP contribution in [0.5, 0.6) is 5.75 Å². The molecule has 0 aromatic heterocycles. The Morgan fingerprint density at radius 1 is 1.32 bits per heavy atom. The van der Waals surface area contributed by atoms with Crippen molar-refractivity contribution in [1.82, 2.24) is 10.6 Å². The Balaban J connectivity index is 2.31. The van der Waals surface area contributed by atoms with E-state index >= 15 is 0 Å². The number of carbonyl (C=O) groups excluding carboxylic acids is 1. The number of hydrogen-bond donors (Lipinski definition) is 2. The first-order valence-corrected chi connectivity index (χ1v) is 8.24. The molecular formula is C18H30N2O2. The van der Waals surface area contributed by atoms with Crippen molar-refractivity contribution in [2.45, 2.75) is 58.9 Å². The second-order valence-electron chi connectivity index (χ2n) is 5.86. The first-order valence-electron chi connectivity index (χ1n) is 8.24. The van der Waals surface area contributed by atoms with Crippen LogP contribution in [0.4, 0.5) is 4.79 Å². The fourth-order valence-electron chi connectivity index (χ4n) is 2.46. The van der Waals surface area contributed by atoms with Crippen LogP contribution >= 0.6 is 0 Å². The van der Waals surface area contributed by atoms with Crippen LogP contribution in [-0.2, 0) is 6.42 Å². The average Bonchev–Trinajstić information content (AvgIpc) is 2.47. The third-order valence-electron chi connectivity index (χ3n) is 3.73. The largest absolute Gasteiger partial charge is 0.496 e. The lowest BCUT2D eigenvalue weighted by atomic mass is 10.1. The highest BCUT2D eigenvalue weighted by Gasteiger charge is 2.07. The van der Waals surface area contributed by atoms with Gasteiger partial charge in [-0.25, -0.2) is 4.79 Å². The molecule has 0 saturated carbocycles. The number of urea groups is 1. The Kier molecular flexibility index (Phi) is 8.41. The first-order chi connectivity index (χ1) is 10.6. The molecule has 0 radical (unpaired) electrons. The topological polar surface area (TPSA) is 50.4 Å². The molecule has 0 bridgehead atoms. The van der Waals surface area contributed by atoms with E-state index in [0.717, 1.165) is 24.2 Å². The maximum Gasteiger partial charge on any atom is 0.315 e. The smallest absolute Gasteiger partial charge is 0.315 e. The van der Waals surface area contributed by atoms with Gasteiger partial charge in [0.25, 0.3) is 0 Å². The molecule has 1 aromatic carbocycles. The lowest BCUT2D eigenvalue weighted by Crippen LogP contribution is -2.41. The molecular weight excluding hydrogens is 276 g/mol. The van der Waals surface area contributed by atoms with Gasteiger partial charge in [-0.3, -0.25) is 0 Å². The van der Waals surface area contributed by atoms with Gasteiger partial charge in [0.05, 0.1) is 7.11 Å². The van der Waals surface area contributed by atoms with E-state index in [-0.39, 0.29) is 12.1 Å². The van der Waals surface area contributed by atoms with Gasteiger partial charge >= 0.3 is 6.03 Å². The van der Waals surface area contributed by atoms with Crippen molar-refractivity contribution in [2.24, 2.45) is 0 Å². The van der Waals surface area contributed by atoms with Gasteiger partial charge < -0.3 is 15.4 Å². The third kappa shape index (κ3) is 6.83. The molecule has 0 aliphatic heterocycles. The predicted octanol–water partition coefficient (Wildman–Crippen LogP) is 3.81. The van der Waals surface area contributed by atoms with Gasteiger partial charge in [0.1, 0.15) is 5.75 Å². The summed E-state index contributed by atoms with van der Waals surface area (Å²) >= 11 is 0. The Hall–Kier alpha value is -1.71. The van der Waals surface area contributed by atoms with Crippen LogP contribution in [0.25, 0.3) is 0 Å². The lowest BCUT2D eigenvalue weighted by Gasteiger charge is -2.15. The Bertz CT molecular complexity index is 460. The highest BCUT2D eigenvalue weighted by Crippen LogP contribution is 2.19. The quantitative estimate of drug-likeness (QED) is 0.682. The zero-order valence-corrected chi connectivity index (χ0v) is 14.4. The van der Waals surface area contributed by atoms with Crippen molar-refractivity contribution in [3.05, 3.63) is 29.3 Å². The number of rotatable bonds is 9. The van der Waals surface area contributed by atoms with E-state index in [1.54, 1.807) is 7.11 Å². The van der Waals surface area contributed by atoms with Crippen molar-refractivity contribution in [1.29, 1.82) is 0 Å². The van der Waals surface area contributed by atoms with E-state index in [0.29, 0.717) is 6.54 Å². The number of carbonyl (C=O) groups is 1. The molecule has 1 atom stereocenters. The molecule has 1 aromatic rings. The number of unbranched alkanes of at least 4 members (excludes halogenated alkanes) is 2.